The third-order valence-electron chi connectivity index (χ3n) is 5.12. The van der Waals surface area contributed by atoms with Gasteiger partial charge in [0.15, 0.2) is 5.01 Å². The summed E-state index contributed by atoms with van der Waals surface area (Å²) in [5.41, 5.74) is 0.411. The van der Waals surface area contributed by atoms with E-state index >= 15 is 0 Å². The number of nitrogens with zero attached hydrogens (tertiary/aromatic N) is 3. The van der Waals surface area contributed by atoms with Crippen LogP contribution in [-0.2, 0) is 0 Å². The number of aryl methyl sites for hydroxylation is 1. The summed E-state index contributed by atoms with van der Waals surface area (Å²) in [7, 11) is 0. The van der Waals surface area contributed by atoms with Gasteiger partial charge in [-0.15, -0.1) is 11.3 Å². The molecule has 3 N–H and O–H groups in total. The molecule has 32 heavy (non-hydrogen) atoms. The highest BCUT2D eigenvalue weighted by Crippen LogP contribution is 2.35. The molecule has 2 aromatic heterocycles. The second kappa shape index (κ2) is 8.78. The van der Waals surface area contributed by atoms with Crippen molar-refractivity contribution in [3.63, 3.8) is 0 Å². The predicted octanol–water partition coefficient (Wildman–Crippen LogP) is 3.81. The average molecular weight is 460 g/mol. The second-order valence-corrected chi connectivity index (χ2v) is 11.0. The van der Waals surface area contributed by atoms with E-state index in [-0.39, 0.29) is 28.2 Å². The number of hydrogen-bond acceptors (Lipinski definition) is 7. The SMILES string of the molecule is Cc1cc(NC(C)(C)C)ncc1-c1sc(C(=O)NC(C)(C)O)nc1C(=O)N1CCC[C@@H]1C. The van der Waals surface area contributed by atoms with Gasteiger partial charge >= 0.3 is 0 Å². The van der Waals surface area contributed by atoms with Gasteiger partial charge in [0.05, 0.1) is 4.88 Å². The number of likely N-dealkylation sites (tertiary alicyclic amines) is 1. The van der Waals surface area contributed by atoms with Crippen LogP contribution in [0, 0.1) is 6.92 Å². The van der Waals surface area contributed by atoms with Crippen molar-refractivity contribution in [3.05, 3.63) is 28.5 Å². The Morgan fingerprint density at radius 1 is 1.25 bits per heavy atom. The molecule has 2 aromatic rings. The van der Waals surface area contributed by atoms with Crippen molar-refractivity contribution < 1.29 is 14.7 Å². The minimum atomic E-state index is -1.39. The van der Waals surface area contributed by atoms with E-state index in [0.717, 1.165) is 41.1 Å². The molecule has 1 atom stereocenters. The van der Waals surface area contributed by atoms with Gasteiger partial charge in [-0.05, 0) is 72.9 Å². The fourth-order valence-corrected chi connectivity index (χ4v) is 4.72. The van der Waals surface area contributed by atoms with Crippen LogP contribution in [0.1, 0.15) is 80.2 Å². The zero-order chi connectivity index (χ0) is 23.8. The number of aromatic nitrogens is 2. The van der Waals surface area contributed by atoms with Gasteiger partial charge in [-0.1, -0.05) is 0 Å². The van der Waals surface area contributed by atoms with Crippen molar-refractivity contribution in [2.24, 2.45) is 0 Å². The zero-order valence-corrected chi connectivity index (χ0v) is 20.7. The molecule has 2 amide bonds. The predicted molar refractivity (Wildman–Crippen MR) is 127 cm³/mol. The molecule has 0 bridgehead atoms. The topological polar surface area (TPSA) is 107 Å². The smallest absolute Gasteiger partial charge is 0.282 e. The number of hydrogen-bond donors (Lipinski definition) is 3. The van der Waals surface area contributed by atoms with Gasteiger partial charge in [-0.2, -0.15) is 0 Å². The van der Waals surface area contributed by atoms with Crippen LogP contribution in [0.25, 0.3) is 10.4 Å². The van der Waals surface area contributed by atoms with Gasteiger partial charge in [0.2, 0.25) is 0 Å². The number of carbonyl (C=O) groups excluding carboxylic acids is 2. The van der Waals surface area contributed by atoms with Crippen LogP contribution in [0.3, 0.4) is 0 Å². The minimum absolute atomic E-state index is 0.128. The quantitative estimate of drug-likeness (QED) is 0.587. The highest BCUT2D eigenvalue weighted by Gasteiger charge is 2.32. The highest BCUT2D eigenvalue weighted by atomic mass is 32.1. The Morgan fingerprint density at radius 3 is 2.47 bits per heavy atom. The van der Waals surface area contributed by atoms with E-state index in [1.807, 2.05) is 24.8 Å². The molecule has 0 unspecified atom stereocenters. The third kappa shape index (κ3) is 5.63. The van der Waals surface area contributed by atoms with E-state index in [9.17, 15) is 14.7 Å². The number of thiazole rings is 1. The Bertz CT molecular complexity index is 1020. The summed E-state index contributed by atoms with van der Waals surface area (Å²) < 4.78 is 0. The lowest BCUT2D eigenvalue weighted by Crippen LogP contribution is -2.43. The molecule has 0 aliphatic carbocycles. The molecule has 8 nitrogen and oxygen atoms in total. The minimum Gasteiger partial charge on any atom is -0.372 e. The van der Waals surface area contributed by atoms with Gasteiger partial charge in [-0.3, -0.25) is 9.59 Å². The molecular formula is C23H33N5O3S. The van der Waals surface area contributed by atoms with E-state index in [1.54, 1.807) is 6.20 Å². The van der Waals surface area contributed by atoms with Crippen LogP contribution in [0.4, 0.5) is 5.82 Å². The van der Waals surface area contributed by atoms with Crippen molar-refractivity contribution in [2.45, 2.75) is 78.6 Å². The number of pyridine rings is 1. The van der Waals surface area contributed by atoms with Crippen molar-refractivity contribution in [3.8, 4) is 10.4 Å². The lowest BCUT2D eigenvalue weighted by atomic mass is 10.1. The first-order valence-corrected chi connectivity index (χ1v) is 11.7. The monoisotopic (exact) mass is 459 g/mol. The van der Waals surface area contributed by atoms with Gasteiger partial charge in [0.25, 0.3) is 11.8 Å². The fraction of sp³-hybridized carbons (Fsp3) is 0.565. The molecule has 3 rings (SSSR count). The molecule has 0 radical (unpaired) electrons. The van der Waals surface area contributed by atoms with E-state index in [2.05, 4.69) is 41.4 Å². The molecule has 1 aliphatic heterocycles. The fourth-order valence-electron chi connectivity index (χ4n) is 3.69. The van der Waals surface area contributed by atoms with Crippen molar-refractivity contribution in [2.75, 3.05) is 11.9 Å². The Labute approximate surface area is 193 Å². The van der Waals surface area contributed by atoms with Gasteiger partial charge < -0.3 is 20.6 Å². The van der Waals surface area contributed by atoms with Crippen molar-refractivity contribution in [1.29, 1.82) is 0 Å². The summed E-state index contributed by atoms with van der Waals surface area (Å²) in [4.78, 5) is 37.5. The van der Waals surface area contributed by atoms with Crippen LogP contribution in [0.15, 0.2) is 12.3 Å². The van der Waals surface area contributed by atoms with Crippen LogP contribution < -0.4 is 10.6 Å². The molecule has 0 aromatic carbocycles. The lowest BCUT2D eigenvalue weighted by molar-refractivity contribution is 0.0375. The van der Waals surface area contributed by atoms with E-state index in [0.29, 0.717) is 11.4 Å². The van der Waals surface area contributed by atoms with Crippen molar-refractivity contribution in [1.82, 2.24) is 20.2 Å². The lowest BCUT2D eigenvalue weighted by Gasteiger charge is -2.22. The Morgan fingerprint density at radius 2 is 1.94 bits per heavy atom. The Kier molecular flexibility index (Phi) is 6.62. The van der Waals surface area contributed by atoms with E-state index in [1.165, 1.54) is 13.8 Å². The van der Waals surface area contributed by atoms with Gasteiger partial charge in [0.1, 0.15) is 17.2 Å². The Balaban J connectivity index is 2.05. The largest absolute Gasteiger partial charge is 0.372 e. The summed E-state index contributed by atoms with van der Waals surface area (Å²) in [5.74, 6) is 0.0399. The van der Waals surface area contributed by atoms with Crippen molar-refractivity contribution >= 4 is 29.0 Å². The van der Waals surface area contributed by atoms with Crippen LogP contribution in [0.2, 0.25) is 0 Å². The normalized spacial score (nSPS) is 16.9. The summed E-state index contributed by atoms with van der Waals surface area (Å²) in [6, 6.07) is 2.06. The van der Waals surface area contributed by atoms with Gasteiger partial charge in [0, 0.05) is 29.9 Å². The molecule has 1 aliphatic rings. The number of rotatable bonds is 5. The van der Waals surface area contributed by atoms with E-state index < -0.39 is 11.6 Å². The average Bonchev–Trinajstić information content (AvgIpc) is 3.25. The summed E-state index contributed by atoms with van der Waals surface area (Å²) in [6.07, 6.45) is 3.62. The first-order chi connectivity index (χ1) is 14.7. The Hall–Kier alpha value is -2.52. The molecule has 1 saturated heterocycles. The van der Waals surface area contributed by atoms with Gasteiger partial charge in [-0.25, -0.2) is 9.97 Å². The standard InChI is InChI=1S/C23H33N5O3S/c1-13-11-16(26-22(3,4)5)24-12-15(13)18-17(21(30)28-10-8-9-14(28)2)25-20(32-18)19(29)27-23(6,7)31/h11-12,14,31H,8-10H2,1-7H3,(H,24,26)(H,27,29)/t14-/m0/s1. The summed E-state index contributed by atoms with van der Waals surface area (Å²) in [5, 5.41) is 16.0. The van der Waals surface area contributed by atoms with E-state index in [4.69, 9.17) is 0 Å². The maximum absolute atomic E-state index is 13.4. The molecular weight excluding hydrogens is 426 g/mol. The second-order valence-electron chi connectivity index (χ2n) is 9.96. The molecule has 0 saturated carbocycles. The first-order valence-electron chi connectivity index (χ1n) is 10.9. The number of anilines is 1. The van der Waals surface area contributed by atoms with Crippen LogP contribution in [-0.4, -0.2) is 55.6 Å². The summed E-state index contributed by atoms with van der Waals surface area (Å²) >= 11 is 1.14. The number of carbonyl (C=O) groups is 2. The zero-order valence-electron chi connectivity index (χ0n) is 19.9. The maximum Gasteiger partial charge on any atom is 0.282 e. The molecule has 9 heteroatoms. The highest BCUT2D eigenvalue weighted by molar-refractivity contribution is 7.17. The molecule has 0 spiro atoms. The summed E-state index contributed by atoms with van der Waals surface area (Å²) in [6.45, 7) is 13.8. The number of nitrogens with one attached hydrogen (secondary N) is 2. The first kappa shape index (κ1) is 24.1. The number of aliphatic hydroxyl groups is 1. The third-order valence-corrected chi connectivity index (χ3v) is 6.20. The van der Waals surface area contributed by atoms with Crippen LogP contribution >= 0.6 is 11.3 Å². The molecule has 3 heterocycles. The molecule has 174 valence electrons. The molecule has 1 fully saturated rings. The maximum atomic E-state index is 13.4. The number of amides is 2. The van der Waals surface area contributed by atoms with Crippen LogP contribution in [0.5, 0.6) is 0 Å².